The molecule has 0 bridgehead atoms. The van der Waals surface area contributed by atoms with Crippen molar-refractivity contribution in [3.8, 4) is 5.75 Å². The summed E-state index contributed by atoms with van der Waals surface area (Å²) in [5.74, 6) is -0.250. The maximum Gasteiger partial charge on any atom is 0.261 e. The summed E-state index contributed by atoms with van der Waals surface area (Å²) in [6, 6.07) is 11.9. The quantitative estimate of drug-likeness (QED) is 0.711. The topological polar surface area (TPSA) is 96.0 Å². The number of hydrogen-bond acceptors (Lipinski definition) is 6. The van der Waals surface area contributed by atoms with E-state index >= 15 is 0 Å². The molecule has 2 heterocycles. The summed E-state index contributed by atoms with van der Waals surface area (Å²) in [6.07, 6.45) is 0.648. The molecule has 2 aliphatic rings. The van der Waals surface area contributed by atoms with Gasteiger partial charge in [0.15, 0.2) is 4.87 Å². The molecule has 31 heavy (non-hydrogen) atoms. The van der Waals surface area contributed by atoms with Gasteiger partial charge in [-0.05, 0) is 43.7 Å². The summed E-state index contributed by atoms with van der Waals surface area (Å²) >= 11 is 1.35. The molecule has 2 amide bonds. The first-order valence-electron chi connectivity index (χ1n) is 9.82. The number of rotatable bonds is 6. The maximum absolute atomic E-state index is 13.4. The predicted octanol–water partition coefficient (Wildman–Crippen LogP) is 2.90. The van der Waals surface area contributed by atoms with Crippen LogP contribution in [0.25, 0.3) is 0 Å². The third-order valence-corrected chi connectivity index (χ3v) is 8.60. The van der Waals surface area contributed by atoms with Crippen molar-refractivity contribution in [2.45, 2.75) is 34.4 Å². The van der Waals surface area contributed by atoms with E-state index in [4.69, 9.17) is 4.74 Å². The van der Waals surface area contributed by atoms with Crippen molar-refractivity contribution in [1.29, 1.82) is 0 Å². The highest BCUT2D eigenvalue weighted by Gasteiger charge is 2.57. The van der Waals surface area contributed by atoms with Crippen LogP contribution >= 0.6 is 11.8 Å². The smallest absolute Gasteiger partial charge is 0.261 e. The number of nitrogens with one attached hydrogen (secondary N) is 1. The minimum Gasteiger partial charge on any atom is -0.492 e. The van der Waals surface area contributed by atoms with Crippen LogP contribution < -0.4 is 15.0 Å². The minimum atomic E-state index is -3.79. The SMILES string of the molecule is CCOc1ccc(NC(=O)[C@@]23CCC(=O)N2c2ccccc2S3)cc1S(=O)(=O)N(C)C. The molecule has 1 saturated heterocycles. The molecule has 1 fully saturated rings. The van der Waals surface area contributed by atoms with Crippen molar-refractivity contribution in [3.63, 3.8) is 0 Å². The third kappa shape index (κ3) is 3.48. The van der Waals surface area contributed by atoms with E-state index in [2.05, 4.69) is 5.32 Å². The fourth-order valence-electron chi connectivity index (χ4n) is 3.79. The van der Waals surface area contributed by atoms with Crippen LogP contribution in [0.2, 0.25) is 0 Å². The lowest BCUT2D eigenvalue weighted by Gasteiger charge is -2.29. The van der Waals surface area contributed by atoms with Crippen LogP contribution in [-0.2, 0) is 19.6 Å². The standard InChI is InChI=1S/C21H23N3O5S2/c1-4-29-16-10-9-14(13-18(16)31(27,28)23(2)3)22-20(26)21-12-11-19(25)24(21)15-7-5-6-8-17(15)30-21/h5-10,13H,4,11-12H2,1-3H3,(H,22,26)/t21-/m0/s1. The van der Waals surface area contributed by atoms with Gasteiger partial charge in [-0.25, -0.2) is 12.7 Å². The van der Waals surface area contributed by atoms with Crippen molar-refractivity contribution in [2.24, 2.45) is 0 Å². The van der Waals surface area contributed by atoms with Gasteiger partial charge in [-0.2, -0.15) is 0 Å². The van der Waals surface area contributed by atoms with Crippen LogP contribution in [0, 0.1) is 0 Å². The number of anilines is 2. The number of para-hydroxylation sites is 1. The average molecular weight is 462 g/mol. The Bertz CT molecular complexity index is 1170. The van der Waals surface area contributed by atoms with Crippen molar-refractivity contribution < 1.29 is 22.7 Å². The second-order valence-corrected chi connectivity index (χ2v) is 10.9. The molecule has 8 nitrogen and oxygen atoms in total. The molecule has 0 aromatic heterocycles. The number of hydrogen-bond donors (Lipinski definition) is 1. The fourth-order valence-corrected chi connectivity index (χ4v) is 6.25. The Hall–Kier alpha value is -2.56. The van der Waals surface area contributed by atoms with Gasteiger partial charge in [0.25, 0.3) is 5.91 Å². The van der Waals surface area contributed by atoms with Crippen molar-refractivity contribution in [2.75, 3.05) is 30.9 Å². The minimum absolute atomic E-state index is 0.0311. The Labute approximate surface area is 185 Å². The number of carbonyl (C=O) groups excluding carboxylic acids is 2. The number of sulfonamides is 1. The van der Waals surface area contributed by atoms with Gasteiger partial charge in [0.05, 0.1) is 12.3 Å². The maximum atomic E-state index is 13.4. The summed E-state index contributed by atoms with van der Waals surface area (Å²) in [6.45, 7) is 2.07. The Morgan fingerprint density at radius 2 is 2.00 bits per heavy atom. The zero-order valence-corrected chi connectivity index (χ0v) is 19.0. The molecule has 164 valence electrons. The molecule has 1 N–H and O–H groups in total. The molecule has 2 aromatic carbocycles. The number of fused-ring (bicyclic) bond motifs is 3. The van der Waals surface area contributed by atoms with Gasteiger partial charge >= 0.3 is 0 Å². The molecule has 0 radical (unpaired) electrons. The number of amides is 2. The summed E-state index contributed by atoms with van der Waals surface area (Å²) in [5, 5.41) is 2.83. The van der Waals surface area contributed by atoms with Crippen LogP contribution in [0.15, 0.2) is 52.3 Å². The number of carbonyl (C=O) groups is 2. The van der Waals surface area contributed by atoms with E-state index in [1.165, 1.54) is 38.0 Å². The highest BCUT2D eigenvalue weighted by atomic mass is 32.2. The second kappa shape index (κ2) is 7.85. The van der Waals surface area contributed by atoms with Gasteiger partial charge in [0, 0.05) is 31.1 Å². The third-order valence-electron chi connectivity index (χ3n) is 5.29. The van der Waals surface area contributed by atoms with E-state index in [9.17, 15) is 18.0 Å². The van der Waals surface area contributed by atoms with Crippen molar-refractivity contribution in [3.05, 3.63) is 42.5 Å². The van der Waals surface area contributed by atoms with Crippen LogP contribution in [0.3, 0.4) is 0 Å². The number of ether oxygens (including phenoxy) is 1. The van der Waals surface area contributed by atoms with E-state index in [0.717, 1.165) is 14.9 Å². The van der Waals surface area contributed by atoms with Crippen molar-refractivity contribution >= 4 is 45.0 Å². The van der Waals surface area contributed by atoms with Crippen LogP contribution in [0.5, 0.6) is 5.75 Å². The van der Waals surface area contributed by atoms with Gasteiger partial charge < -0.3 is 10.1 Å². The zero-order chi connectivity index (χ0) is 22.4. The highest BCUT2D eigenvalue weighted by molar-refractivity contribution is 8.02. The predicted molar refractivity (Wildman–Crippen MR) is 119 cm³/mol. The molecule has 0 unspecified atom stereocenters. The molecule has 0 aliphatic carbocycles. The lowest BCUT2D eigenvalue weighted by Crippen LogP contribution is -2.49. The Balaban J connectivity index is 1.69. The number of thioether (sulfide) groups is 1. The van der Waals surface area contributed by atoms with E-state index in [-0.39, 0.29) is 28.9 Å². The molecule has 0 spiro atoms. The van der Waals surface area contributed by atoms with Crippen LogP contribution in [0.4, 0.5) is 11.4 Å². The fraction of sp³-hybridized carbons (Fsp3) is 0.333. The highest BCUT2D eigenvalue weighted by Crippen LogP contribution is 2.56. The van der Waals surface area contributed by atoms with Crippen LogP contribution in [-0.4, -0.2) is 50.1 Å². The molecular weight excluding hydrogens is 438 g/mol. The summed E-state index contributed by atoms with van der Waals surface area (Å²) in [7, 11) is -0.923. The first kappa shape index (κ1) is 21.7. The number of nitrogens with zero attached hydrogens (tertiary/aromatic N) is 2. The van der Waals surface area contributed by atoms with E-state index in [0.29, 0.717) is 18.7 Å². The molecule has 2 aromatic rings. The second-order valence-electron chi connectivity index (χ2n) is 7.42. The first-order chi connectivity index (χ1) is 14.7. The zero-order valence-electron chi connectivity index (χ0n) is 17.4. The Morgan fingerprint density at radius 3 is 2.71 bits per heavy atom. The lowest BCUT2D eigenvalue weighted by atomic mass is 10.1. The monoisotopic (exact) mass is 461 g/mol. The number of benzene rings is 2. The van der Waals surface area contributed by atoms with Gasteiger partial charge in [-0.15, -0.1) is 0 Å². The Morgan fingerprint density at radius 1 is 1.26 bits per heavy atom. The van der Waals surface area contributed by atoms with Crippen LogP contribution in [0.1, 0.15) is 19.8 Å². The van der Waals surface area contributed by atoms with Gasteiger partial charge in [-0.3, -0.25) is 14.5 Å². The van der Waals surface area contributed by atoms with E-state index in [1.807, 2.05) is 24.3 Å². The molecule has 4 rings (SSSR count). The normalized spacial score (nSPS) is 20.0. The van der Waals surface area contributed by atoms with E-state index in [1.54, 1.807) is 17.9 Å². The first-order valence-corrected chi connectivity index (χ1v) is 12.1. The molecular formula is C21H23N3O5S2. The van der Waals surface area contributed by atoms with Gasteiger partial charge in [-0.1, -0.05) is 23.9 Å². The summed E-state index contributed by atoms with van der Waals surface area (Å²) in [5.41, 5.74) is 1.05. The molecule has 0 saturated carbocycles. The Kier molecular flexibility index (Phi) is 5.48. The van der Waals surface area contributed by atoms with E-state index < -0.39 is 14.9 Å². The van der Waals surface area contributed by atoms with Crippen molar-refractivity contribution in [1.82, 2.24) is 4.31 Å². The molecule has 10 heteroatoms. The molecule has 1 atom stereocenters. The van der Waals surface area contributed by atoms with Gasteiger partial charge in [0.1, 0.15) is 10.6 Å². The average Bonchev–Trinajstić information content (AvgIpc) is 3.25. The lowest BCUT2D eigenvalue weighted by molar-refractivity contribution is -0.121. The summed E-state index contributed by atoms with van der Waals surface area (Å²) < 4.78 is 32.1. The summed E-state index contributed by atoms with van der Waals surface area (Å²) in [4.78, 5) is 27.3. The van der Waals surface area contributed by atoms with Gasteiger partial charge in [0.2, 0.25) is 15.9 Å². The largest absolute Gasteiger partial charge is 0.492 e. The molecule has 2 aliphatic heterocycles.